The molecule has 0 aliphatic heterocycles. The number of ether oxygens (including phenoxy) is 1. The number of carbonyl (C=O) groups is 1. The molecule has 1 aromatic carbocycles. The van der Waals surface area contributed by atoms with Crippen molar-refractivity contribution in [3.05, 3.63) is 35.4 Å². The summed E-state index contributed by atoms with van der Waals surface area (Å²) in [5.74, 6) is 0.281. The minimum atomic E-state index is -0.421. The number of amides is 1. The summed E-state index contributed by atoms with van der Waals surface area (Å²) in [7, 11) is 3.37. The Kier molecular flexibility index (Phi) is 9.72. The molecule has 0 bridgehead atoms. The Labute approximate surface area is 142 Å². The Morgan fingerprint density at radius 3 is 2.48 bits per heavy atom. The topological polar surface area (TPSA) is 88.7 Å². The molecule has 0 heterocycles. The number of hydrogen-bond acceptors (Lipinski definition) is 3. The van der Waals surface area contributed by atoms with E-state index in [1.54, 1.807) is 26.3 Å². The van der Waals surface area contributed by atoms with Crippen LogP contribution < -0.4 is 16.4 Å². The summed E-state index contributed by atoms with van der Waals surface area (Å²) in [5, 5.41) is 6.40. The molecule has 0 aromatic heterocycles. The molecule has 0 saturated carbocycles. The van der Waals surface area contributed by atoms with E-state index in [1.165, 1.54) is 0 Å². The molecule has 1 amide bonds. The summed E-state index contributed by atoms with van der Waals surface area (Å²) < 4.78 is 5.06. The third-order valence-corrected chi connectivity index (χ3v) is 2.72. The van der Waals surface area contributed by atoms with E-state index in [-0.39, 0.29) is 30.0 Å². The number of nitrogens with one attached hydrogen (secondary N) is 2. The van der Waals surface area contributed by atoms with Gasteiger partial charge in [0, 0.05) is 32.3 Å². The lowest BCUT2D eigenvalue weighted by atomic mass is 10.1. The zero-order valence-corrected chi connectivity index (χ0v) is 14.9. The molecule has 4 N–H and O–H groups in total. The van der Waals surface area contributed by atoms with Crippen molar-refractivity contribution in [3.8, 4) is 0 Å². The van der Waals surface area contributed by atoms with Crippen LogP contribution in [0.2, 0.25) is 0 Å². The van der Waals surface area contributed by atoms with Crippen molar-refractivity contribution in [1.29, 1.82) is 0 Å². The Morgan fingerprint density at radius 2 is 2.00 bits per heavy atom. The number of methoxy groups -OCH3 is 1. The second-order valence-corrected chi connectivity index (χ2v) is 4.49. The van der Waals surface area contributed by atoms with E-state index in [0.717, 1.165) is 5.56 Å². The van der Waals surface area contributed by atoms with Crippen molar-refractivity contribution in [2.45, 2.75) is 19.5 Å². The van der Waals surface area contributed by atoms with Gasteiger partial charge in [-0.1, -0.05) is 12.1 Å². The molecule has 0 spiro atoms. The molecule has 1 rings (SSSR count). The van der Waals surface area contributed by atoms with Gasteiger partial charge in [-0.3, -0.25) is 9.79 Å². The van der Waals surface area contributed by atoms with E-state index < -0.39 is 5.91 Å². The van der Waals surface area contributed by atoms with E-state index in [1.807, 2.05) is 19.1 Å². The van der Waals surface area contributed by atoms with E-state index in [9.17, 15) is 4.79 Å². The average Bonchev–Trinajstić information content (AvgIpc) is 2.44. The second-order valence-electron chi connectivity index (χ2n) is 4.49. The lowest BCUT2D eigenvalue weighted by Gasteiger charge is -2.17. The van der Waals surface area contributed by atoms with Crippen molar-refractivity contribution in [2.75, 3.05) is 20.8 Å². The molecule has 1 unspecified atom stereocenters. The molecular formula is C14H23IN4O2. The quantitative estimate of drug-likeness (QED) is 0.375. The first-order chi connectivity index (χ1) is 9.56. The van der Waals surface area contributed by atoms with Crippen molar-refractivity contribution in [1.82, 2.24) is 10.6 Å². The molecule has 0 aliphatic carbocycles. The molecule has 21 heavy (non-hydrogen) atoms. The van der Waals surface area contributed by atoms with Crippen LogP contribution in [0.25, 0.3) is 0 Å². The number of rotatable bonds is 6. The van der Waals surface area contributed by atoms with Gasteiger partial charge < -0.3 is 21.1 Å². The number of carbonyl (C=O) groups excluding carboxylic acids is 1. The van der Waals surface area contributed by atoms with Crippen molar-refractivity contribution >= 4 is 35.8 Å². The first-order valence-corrected chi connectivity index (χ1v) is 6.41. The third-order valence-electron chi connectivity index (χ3n) is 2.72. The van der Waals surface area contributed by atoms with Gasteiger partial charge in [-0.2, -0.15) is 0 Å². The molecule has 1 atom stereocenters. The minimum Gasteiger partial charge on any atom is -0.383 e. The Bertz CT molecular complexity index is 463. The molecule has 0 saturated heterocycles. The number of hydrogen-bond donors (Lipinski definition) is 3. The largest absolute Gasteiger partial charge is 0.383 e. The zero-order chi connectivity index (χ0) is 15.0. The fraction of sp³-hybridized carbons (Fsp3) is 0.429. The normalized spacial score (nSPS) is 12.2. The highest BCUT2D eigenvalue weighted by atomic mass is 127. The van der Waals surface area contributed by atoms with Gasteiger partial charge in [-0.15, -0.1) is 24.0 Å². The SMILES string of the molecule is CN=C(NCc1ccc(C(N)=O)cc1)NC(C)COC.I. The van der Waals surface area contributed by atoms with Crippen LogP contribution in [0.5, 0.6) is 0 Å². The summed E-state index contributed by atoms with van der Waals surface area (Å²) in [4.78, 5) is 15.1. The summed E-state index contributed by atoms with van der Waals surface area (Å²) in [6.45, 7) is 3.23. The number of halogens is 1. The maximum atomic E-state index is 11.0. The maximum absolute atomic E-state index is 11.0. The van der Waals surface area contributed by atoms with Crippen LogP contribution >= 0.6 is 24.0 Å². The monoisotopic (exact) mass is 406 g/mol. The van der Waals surface area contributed by atoms with Crippen LogP contribution in [-0.2, 0) is 11.3 Å². The Morgan fingerprint density at radius 1 is 1.38 bits per heavy atom. The molecule has 0 aliphatic rings. The van der Waals surface area contributed by atoms with Gasteiger partial charge in [0.05, 0.1) is 6.61 Å². The molecular weight excluding hydrogens is 383 g/mol. The van der Waals surface area contributed by atoms with Gasteiger partial charge in [-0.05, 0) is 24.6 Å². The van der Waals surface area contributed by atoms with Crippen molar-refractivity contribution in [2.24, 2.45) is 10.7 Å². The summed E-state index contributed by atoms with van der Waals surface area (Å²) in [5.41, 5.74) is 6.74. The van der Waals surface area contributed by atoms with E-state index in [4.69, 9.17) is 10.5 Å². The Balaban J connectivity index is 0.00000400. The van der Waals surface area contributed by atoms with Crippen LogP contribution in [-0.4, -0.2) is 38.7 Å². The molecule has 118 valence electrons. The van der Waals surface area contributed by atoms with Gasteiger partial charge in [0.15, 0.2) is 5.96 Å². The smallest absolute Gasteiger partial charge is 0.248 e. The fourth-order valence-electron chi connectivity index (χ4n) is 1.69. The molecule has 1 aromatic rings. The second kappa shape index (κ2) is 10.4. The van der Waals surface area contributed by atoms with Crippen LogP contribution in [0.3, 0.4) is 0 Å². The summed E-state index contributed by atoms with van der Waals surface area (Å²) in [6, 6.07) is 7.31. The van der Waals surface area contributed by atoms with Crippen molar-refractivity contribution in [3.63, 3.8) is 0 Å². The number of guanidine groups is 1. The summed E-state index contributed by atoms with van der Waals surface area (Å²) >= 11 is 0. The first kappa shape index (κ1) is 19.7. The van der Waals surface area contributed by atoms with Crippen LogP contribution in [0.15, 0.2) is 29.3 Å². The molecule has 0 radical (unpaired) electrons. The summed E-state index contributed by atoms with van der Waals surface area (Å²) in [6.07, 6.45) is 0. The minimum absolute atomic E-state index is 0. The van der Waals surface area contributed by atoms with E-state index in [2.05, 4.69) is 15.6 Å². The highest BCUT2D eigenvalue weighted by molar-refractivity contribution is 14.0. The fourth-order valence-corrected chi connectivity index (χ4v) is 1.69. The Hall–Kier alpha value is -1.35. The molecule has 7 heteroatoms. The van der Waals surface area contributed by atoms with Gasteiger partial charge in [-0.25, -0.2) is 0 Å². The predicted molar refractivity (Wildman–Crippen MR) is 95.0 cm³/mol. The number of primary amides is 1. The highest BCUT2D eigenvalue weighted by Crippen LogP contribution is 2.03. The standard InChI is InChI=1S/C14H22N4O2.HI/c1-10(9-20-3)18-14(16-2)17-8-11-4-6-12(7-5-11)13(15)19;/h4-7,10H,8-9H2,1-3H3,(H2,15,19)(H2,16,17,18);1H. The van der Waals surface area contributed by atoms with Gasteiger partial charge in [0.2, 0.25) is 5.91 Å². The van der Waals surface area contributed by atoms with Gasteiger partial charge >= 0.3 is 0 Å². The molecule has 6 nitrogen and oxygen atoms in total. The number of nitrogens with zero attached hydrogens (tertiary/aromatic N) is 1. The van der Waals surface area contributed by atoms with Crippen LogP contribution in [0.1, 0.15) is 22.8 Å². The van der Waals surface area contributed by atoms with Gasteiger partial charge in [0.25, 0.3) is 0 Å². The lowest BCUT2D eigenvalue weighted by molar-refractivity contribution is 0.100. The maximum Gasteiger partial charge on any atom is 0.248 e. The highest BCUT2D eigenvalue weighted by Gasteiger charge is 2.05. The van der Waals surface area contributed by atoms with Crippen LogP contribution in [0, 0.1) is 0 Å². The van der Waals surface area contributed by atoms with E-state index in [0.29, 0.717) is 24.7 Å². The zero-order valence-electron chi connectivity index (χ0n) is 12.6. The molecule has 0 fully saturated rings. The number of nitrogens with two attached hydrogens (primary N) is 1. The number of aliphatic imine (C=N–C) groups is 1. The first-order valence-electron chi connectivity index (χ1n) is 6.41. The van der Waals surface area contributed by atoms with E-state index >= 15 is 0 Å². The average molecular weight is 406 g/mol. The predicted octanol–water partition coefficient (Wildman–Crippen LogP) is 1.10. The van der Waals surface area contributed by atoms with Crippen molar-refractivity contribution < 1.29 is 9.53 Å². The third kappa shape index (κ3) is 7.28. The lowest BCUT2D eigenvalue weighted by Crippen LogP contribution is -2.43. The number of benzene rings is 1. The van der Waals surface area contributed by atoms with Crippen LogP contribution in [0.4, 0.5) is 0 Å². The van der Waals surface area contributed by atoms with Gasteiger partial charge in [0.1, 0.15) is 0 Å².